The molecule has 0 saturated carbocycles. The summed E-state index contributed by atoms with van der Waals surface area (Å²) in [5.74, 6) is 0.135. The summed E-state index contributed by atoms with van der Waals surface area (Å²) >= 11 is 0. The highest BCUT2D eigenvalue weighted by molar-refractivity contribution is 5.96. The lowest BCUT2D eigenvalue weighted by molar-refractivity contribution is -0.133. The van der Waals surface area contributed by atoms with Gasteiger partial charge >= 0.3 is 0 Å². The summed E-state index contributed by atoms with van der Waals surface area (Å²) in [5, 5.41) is 5.77. The van der Waals surface area contributed by atoms with Crippen molar-refractivity contribution in [1.29, 1.82) is 0 Å². The second-order valence-electron chi connectivity index (χ2n) is 7.79. The standard InChI is InChI=1S/C22H26N4O2/c1-13(26-15(3)22(16(4)27)14(2)24-26)11-21(28)25-10-9-18-17-7-5-6-8-19(17)23-20(18)12-25/h5-8,13,23H,9-12H2,1-4H3/t13-/m1/s1. The van der Waals surface area contributed by atoms with E-state index in [9.17, 15) is 9.59 Å². The van der Waals surface area contributed by atoms with Crippen LogP contribution in [0.4, 0.5) is 0 Å². The molecular weight excluding hydrogens is 352 g/mol. The summed E-state index contributed by atoms with van der Waals surface area (Å²) in [7, 11) is 0. The summed E-state index contributed by atoms with van der Waals surface area (Å²) in [6.07, 6.45) is 1.24. The SMILES string of the molecule is CC(=O)c1c(C)nn([C@H](C)CC(=O)N2CCc3c([nH]c4ccccc34)C2)c1C. The summed E-state index contributed by atoms with van der Waals surface area (Å²) in [6.45, 7) is 8.64. The van der Waals surface area contributed by atoms with Gasteiger partial charge in [-0.15, -0.1) is 0 Å². The Bertz CT molecular complexity index is 1080. The van der Waals surface area contributed by atoms with Crippen molar-refractivity contribution in [2.45, 2.75) is 53.1 Å². The predicted octanol–water partition coefficient (Wildman–Crippen LogP) is 3.72. The highest BCUT2D eigenvalue weighted by atomic mass is 16.2. The minimum atomic E-state index is -0.0941. The fourth-order valence-electron chi connectivity index (χ4n) is 4.48. The van der Waals surface area contributed by atoms with E-state index < -0.39 is 0 Å². The molecule has 3 aromatic rings. The molecule has 0 radical (unpaired) electrons. The molecule has 1 aliphatic heterocycles. The van der Waals surface area contributed by atoms with Gasteiger partial charge < -0.3 is 9.88 Å². The molecule has 6 heteroatoms. The number of amides is 1. The van der Waals surface area contributed by atoms with E-state index in [2.05, 4.69) is 28.3 Å². The van der Waals surface area contributed by atoms with Gasteiger partial charge in [-0.3, -0.25) is 14.3 Å². The van der Waals surface area contributed by atoms with Crippen molar-refractivity contribution in [2.75, 3.05) is 6.54 Å². The number of para-hydroxylation sites is 1. The van der Waals surface area contributed by atoms with Crippen LogP contribution in [-0.4, -0.2) is 37.9 Å². The first-order valence-electron chi connectivity index (χ1n) is 9.79. The third-order valence-corrected chi connectivity index (χ3v) is 5.80. The summed E-state index contributed by atoms with van der Waals surface area (Å²) < 4.78 is 1.82. The van der Waals surface area contributed by atoms with Crippen LogP contribution < -0.4 is 0 Å². The van der Waals surface area contributed by atoms with Crippen molar-refractivity contribution in [1.82, 2.24) is 19.7 Å². The van der Waals surface area contributed by atoms with E-state index in [4.69, 9.17) is 0 Å². The first kappa shape index (κ1) is 18.5. The number of nitrogens with zero attached hydrogens (tertiary/aromatic N) is 3. The van der Waals surface area contributed by atoms with Gasteiger partial charge in [0.1, 0.15) is 0 Å². The van der Waals surface area contributed by atoms with Gasteiger partial charge in [0, 0.05) is 35.3 Å². The van der Waals surface area contributed by atoms with Gasteiger partial charge in [-0.2, -0.15) is 5.10 Å². The van der Waals surface area contributed by atoms with Crippen molar-refractivity contribution in [2.24, 2.45) is 0 Å². The minimum absolute atomic E-state index is 0.0159. The van der Waals surface area contributed by atoms with Gasteiger partial charge in [-0.25, -0.2) is 0 Å². The molecule has 146 valence electrons. The lowest BCUT2D eigenvalue weighted by atomic mass is 10.0. The van der Waals surface area contributed by atoms with Crippen molar-refractivity contribution in [3.05, 3.63) is 52.5 Å². The number of fused-ring (bicyclic) bond motifs is 3. The molecule has 3 heterocycles. The number of hydrogen-bond acceptors (Lipinski definition) is 3. The number of hydrogen-bond donors (Lipinski definition) is 1. The number of carbonyl (C=O) groups excluding carboxylic acids is 2. The van der Waals surface area contributed by atoms with Crippen LogP contribution in [0, 0.1) is 13.8 Å². The fourth-order valence-corrected chi connectivity index (χ4v) is 4.48. The molecule has 2 aromatic heterocycles. The monoisotopic (exact) mass is 378 g/mol. The maximum Gasteiger partial charge on any atom is 0.225 e. The number of H-pyrrole nitrogens is 1. The van der Waals surface area contributed by atoms with Crippen LogP contribution in [0.3, 0.4) is 0 Å². The second-order valence-corrected chi connectivity index (χ2v) is 7.79. The Morgan fingerprint density at radius 3 is 2.71 bits per heavy atom. The van der Waals surface area contributed by atoms with Gasteiger partial charge in [0.05, 0.1) is 23.8 Å². The molecule has 28 heavy (non-hydrogen) atoms. The number of benzene rings is 1. The number of carbonyl (C=O) groups is 2. The van der Waals surface area contributed by atoms with Gasteiger partial charge in [0.2, 0.25) is 5.91 Å². The lowest BCUT2D eigenvalue weighted by Gasteiger charge is -2.28. The van der Waals surface area contributed by atoms with E-state index in [-0.39, 0.29) is 17.7 Å². The van der Waals surface area contributed by atoms with Crippen LogP contribution in [0.5, 0.6) is 0 Å². The van der Waals surface area contributed by atoms with Crippen LogP contribution in [0.15, 0.2) is 24.3 Å². The second kappa shape index (κ2) is 6.93. The minimum Gasteiger partial charge on any atom is -0.357 e. The average Bonchev–Trinajstić information content (AvgIpc) is 3.17. The quantitative estimate of drug-likeness (QED) is 0.704. The number of aromatic amines is 1. The molecule has 0 saturated heterocycles. The van der Waals surface area contributed by atoms with Crippen molar-refractivity contribution in [3.8, 4) is 0 Å². The van der Waals surface area contributed by atoms with E-state index in [0.29, 0.717) is 18.5 Å². The van der Waals surface area contributed by atoms with Crippen molar-refractivity contribution < 1.29 is 9.59 Å². The maximum absolute atomic E-state index is 12.9. The Labute approximate surface area is 164 Å². The van der Waals surface area contributed by atoms with E-state index in [1.54, 1.807) is 6.92 Å². The van der Waals surface area contributed by atoms with Gasteiger partial charge in [0.15, 0.2) is 5.78 Å². The van der Waals surface area contributed by atoms with E-state index >= 15 is 0 Å². The maximum atomic E-state index is 12.9. The summed E-state index contributed by atoms with van der Waals surface area (Å²) in [6, 6.07) is 8.21. The Balaban J connectivity index is 1.50. The molecule has 1 aliphatic rings. The Morgan fingerprint density at radius 2 is 2.00 bits per heavy atom. The molecule has 1 N–H and O–H groups in total. The average molecular weight is 378 g/mol. The number of Topliss-reactive ketones (excluding diaryl/α,β-unsaturated/α-hetero) is 1. The van der Waals surface area contributed by atoms with Crippen molar-refractivity contribution >= 4 is 22.6 Å². The number of rotatable bonds is 4. The highest BCUT2D eigenvalue weighted by Crippen LogP contribution is 2.28. The predicted molar refractivity (Wildman–Crippen MR) is 108 cm³/mol. The Hall–Kier alpha value is -2.89. The van der Waals surface area contributed by atoms with Crippen molar-refractivity contribution in [3.63, 3.8) is 0 Å². The normalized spacial score (nSPS) is 14.9. The first-order chi connectivity index (χ1) is 13.4. The van der Waals surface area contributed by atoms with Crippen LogP contribution in [0.25, 0.3) is 10.9 Å². The highest BCUT2D eigenvalue weighted by Gasteiger charge is 2.26. The molecule has 4 rings (SSSR count). The molecule has 0 spiro atoms. The van der Waals surface area contributed by atoms with E-state index in [1.807, 2.05) is 36.4 Å². The number of ketones is 1. The molecule has 0 bridgehead atoms. The molecule has 1 aromatic carbocycles. The molecular formula is C22H26N4O2. The number of aryl methyl sites for hydroxylation is 1. The third-order valence-electron chi connectivity index (χ3n) is 5.80. The third kappa shape index (κ3) is 3.03. The van der Waals surface area contributed by atoms with Gasteiger partial charge in [-0.05, 0) is 45.7 Å². The smallest absolute Gasteiger partial charge is 0.225 e. The van der Waals surface area contributed by atoms with E-state index in [1.165, 1.54) is 10.9 Å². The van der Waals surface area contributed by atoms with Gasteiger partial charge in [0.25, 0.3) is 0 Å². The Kier molecular flexibility index (Phi) is 4.57. The Morgan fingerprint density at radius 1 is 1.25 bits per heavy atom. The molecule has 6 nitrogen and oxygen atoms in total. The molecule has 0 fully saturated rings. The van der Waals surface area contributed by atoms with Crippen LogP contribution in [0.1, 0.15) is 59.3 Å². The fraction of sp³-hybridized carbons (Fsp3) is 0.409. The van der Waals surface area contributed by atoms with E-state index in [0.717, 1.165) is 35.6 Å². The zero-order valence-electron chi connectivity index (χ0n) is 16.9. The van der Waals surface area contributed by atoms with Crippen LogP contribution in [0.2, 0.25) is 0 Å². The molecule has 0 unspecified atom stereocenters. The number of aromatic nitrogens is 3. The molecule has 1 amide bonds. The summed E-state index contributed by atoms with van der Waals surface area (Å²) in [4.78, 5) is 30.2. The number of nitrogens with one attached hydrogen (secondary N) is 1. The molecule has 0 aliphatic carbocycles. The topological polar surface area (TPSA) is 71.0 Å². The lowest BCUT2D eigenvalue weighted by Crippen LogP contribution is -2.37. The first-order valence-corrected chi connectivity index (χ1v) is 9.79. The van der Waals surface area contributed by atoms with Gasteiger partial charge in [-0.1, -0.05) is 18.2 Å². The molecule has 1 atom stereocenters. The van der Waals surface area contributed by atoms with Crippen LogP contribution in [-0.2, 0) is 17.8 Å². The zero-order chi connectivity index (χ0) is 20.0. The largest absolute Gasteiger partial charge is 0.357 e. The summed E-state index contributed by atoms with van der Waals surface area (Å²) in [5.41, 5.74) is 5.83. The van der Waals surface area contributed by atoms with Crippen LogP contribution >= 0.6 is 0 Å². The zero-order valence-corrected chi connectivity index (χ0v) is 16.9.